The summed E-state index contributed by atoms with van der Waals surface area (Å²) in [4.78, 5) is 10.5. The SMILES string of the molecule is CCCCCCCNc1ccc(C)c([N+](=O)[O-])c1. The van der Waals surface area contributed by atoms with E-state index in [1.54, 1.807) is 19.1 Å². The second-order valence-electron chi connectivity index (χ2n) is 4.60. The van der Waals surface area contributed by atoms with Crippen LogP contribution >= 0.6 is 0 Å². The third kappa shape index (κ3) is 4.73. The van der Waals surface area contributed by atoms with Crippen LogP contribution in [-0.4, -0.2) is 11.5 Å². The molecule has 1 aromatic carbocycles. The number of aryl methyl sites for hydroxylation is 1. The van der Waals surface area contributed by atoms with E-state index in [4.69, 9.17) is 0 Å². The smallest absolute Gasteiger partial charge is 0.274 e. The number of unbranched alkanes of at least 4 members (excludes halogenated alkanes) is 4. The Hall–Kier alpha value is -1.58. The topological polar surface area (TPSA) is 55.2 Å². The van der Waals surface area contributed by atoms with Crippen LogP contribution in [-0.2, 0) is 0 Å². The van der Waals surface area contributed by atoms with Crippen LogP contribution in [0.25, 0.3) is 0 Å². The minimum atomic E-state index is -0.332. The number of nitro groups is 1. The molecule has 0 spiro atoms. The molecular formula is C14H22N2O2. The van der Waals surface area contributed by atoms with E-state index in [0.29, 0.717) is 5.56 Å². The molecule has 0 aliphatic carbocycles. The number of nitro benzene ring substituents is 1. The van der Waals surface area contributed by atoms with Gasteiger partial charge in [-0.25, -0.2) is 0 Å². The predicted octanol–water partition coefficient (Wildman–Crippen LogP) is 4.29. The van der Waals surface area contributed by atoms with Crippen molar-refractivity contribution in [3.63, 3.8) is 0 Å². The maximum absolute atomic E-state index is 10.8. The highest BCUT2D eigenvalue weighted by Crippen LogP contribution is 2.22. The van der Waals surface area contributed by atoms with Crippen molar-refractivity contribution in [2.24, 2.45) is 0 Å². The van der Waals surface area contributed by atoms with Gasteiger partial charge in [0.05, 0.1) is 4.92 Å². The van der Waals surface area contributed by atoms with Crippen LogP contribution in [0.15, 0.2) is 18.2 Å². The van der Waals surface area contributed by atoms with Crippen LogP contribution in [0.4, 0.5) is 11.4 Å². The lowest BCUT2D eigenvalue weighted by atomic mass is 10.1. The van der Waals surface area contributed by atoms with Gasteiger partial charge >= 0.3 is 0 Å². The van der Waals surface area contributed by atoms with Crippen molar-refractivity contribution in [2.75, 3.05) is 11.9 Å². The highest BCUT2D eigenvalue weighted by molar-refractivity contribution is 5.54. The summed E-state index contributed by atoms with van der Waals surface area (Å²) in [6.07, 6.45) is 6.14. The molecule has 0 aliphatic heterocycles. The van der Waals surface area contributed by atoms with Gasteiger partial charge in [-0.05, 0) is 19.4 Å². The lowest BCUT2D eigenvalue weighted by molar-refractivity contribution is -0.385. The minimum absolute atomic E-state index is 0.186. The van der Waals surface area contributed by atoms with E-state index in [-0.39, 0.29) is 10.6 Å². The molecule has 0 saturated carbocycles. The Morgan fingerprint density at radius 3 is 2.61 bits per heavy atom. The lowest BCUT2D eigenvalue weighted by Crippen LogP contribution is -2.02. The molecule has 0 saturated heterocycles. The zero-order chi connectivity index (χ0) is 13.4. The largest absolute Gasteiger partial charge is 0.385 e. The Morgan fingerprint density at radius 2 is 1.94 bits per heavy atom. The van der Waals surface area contributed by atoms with Gasteiger partial charge in [-0.2, -0.15) is 0 Å². The van der Waals surface area contributed by atoms with E-state index < -0.39 is 0 Å². The van der Waals surface area contributed by atoms with Gasteiger partial charge in [-0.15, -0.1) is 0 Å². The van der Waals surface area contributed by atoms with Crippen LogP contribution in [0, 0.1) is 17.0 Å². The number of benzene rings is 1. The highest BCUT2D eigenvalue weighted by Gasteiger charge is 2.10. The summed E-state index contributed by atoms with van der Waals surface area (Å²) in [6, 6.07) is 5.30. The monoisotopic (exact) mass is 250 g/mol. The first kappa shape index (κ1) is 14.5. The van der Waals surface area contributed by atoms with Gasteiger partial charge in [0, 0.05) is 23.9 Å². The van der Waals surface area contributed by atoms with Crippen molar-refractivity contribution in [3.8, 4) is 0 Å². The van der Waals surface area contributed by atoms with E-state index >= 15 is 0 Å². The Kier molecular flexibility index (Phi) is 6.19. The molecule has 4 nitrogen and oxygen atoms in total. The first-order valence-electron chi connectivity index (χ1n) is 6.64. The summed E-state index contributed by atoms with van der Waals surface area (Å²) in [5, 5.41) is 14.0. The highest BCUT2D eigenvalue weighted by atomic mass is 16.6. The average Bonchev–Trinajstić information content (AvgIpc) is 2.35. The molecule has 0 heterocycles. The quantitative estimate of drug-likeness (QED) is 0.425. The van der Waals surface area contributed by atoms with Crippen LogP contribution in [0.1, 0.15) is 44.6 Å². The van der Waals surface area contributed by atoms with Gasteiger partial charge < -0.3 is 5.32 Å². The van der Waals surface area contributed by atoms with Gasteiger partial charge in [0.25, 0.3) is 5.69 Å². The van der Waals surface area contributed by atoms with Crippen LogP contribution in [0.2, 0.25) is 0 Å². The predicted molar refractivity (Wildman–Crippen MR) is 75.1 cm³/mol. The summed E-state index contributed by atoms with van der Waals surface area (Å²) in [5.41, 5.74) is 1.72. The van der Waals surface area contributed by atoms with E-state index in [2.05, 4.69) is 12.2 Å². The summed E-state index contributed by atoms with van der Waals surface area (Å²) in [5.74, 6) is 0. The molecule has 0 aromatic heterocycles. The minimum Gasteiger partial charge on any atom is -0.385 e. The molecule has 0 aliphatic rings. The summed E-state index contributed by atoms with van der Waals surface area (Å²) < 4.78 is 0. The van der Waals surface area contributed by atoms with E-state index in [0.717, 1.165) is 18.7 Å². The Morgan fingerprint density at radius 1 is 1.22 bits per heavy atom. The summed E-state index contributed by atoms with van der Waals surface area (Å²) in [7, 11) is 0. The molecule has 100 valence electrons. The van der Waals surface area contributed by atoms with Gasteiger partial charge in [0.15, 0.2) is 0 Å². The molecule has 0 radical (unpaired) electrons. The third-order valence-corrected chi connectivity index (χ3v) is 3.02. The second-order valence-corrected chi connectivity index (χ2v) is 4.60. The van der Waals surface area contributed by atoms with Crippen LogP contribution in [0.5, 0.6) is 0 Å². The fourth-order valence-electron chi connectivity index (χ4n) is 1.88. The van der Waals surface area contributed by atoms with Crippen molar-refractivity contribution in [2.45, 2.75) is 46.0 Å². The van der Waals surface area contributed by atoms with Crippen molar-refractivity contribution in [1.82, 2.24) is 0 Å². The molecule has 0 fully saturated rings. The summed E-state index contributed by atoms with van der Waals surface area (Å²) >= 11 is 0. The molecule has 1 aromatic rings. The number of anilines is 1. The average molecular weight is 250 g/mol. The molecule has 0 unspecified atom stereocenters. The Labute approximate surface area is 109 Å². The Bertz CT molecular complexity index is 391. The van der Waals surface area contributed by atoms with Gasteiger partial charge in [0.2, 0.25) is 0 Å². The summed E-state index contributed by atoms with van der Waals surface area (Å²) in [6.45, 7) is 4.83. The molecule has 1 rings (SSSR count). The first-order valence-corrected chi connectivity index (χ1v) is 6.64. The zero-order valence-corrected chi connectivity index (χ0v) is 11.2. The van der Waals surface area contributed by atoms with E-state index in [9.17, 15) is 10.1 Å². The van der Waals surface area contributed by atoms with E-state index in [1.165, 1.54) is 25.7 Å². The fraction of sp³-hybridized carbons (Fsp3) is 0.571. The number of nitrogens with one attached hydrogen (secondary N) is 1. The van der Waals surface area contributed by atoms with Crippen molar-refractivity contribution in [3.05, 3.63) is 33.9 Å². The van der Waals surface area contributed by atoms with Crippen molar-refractivity contribution < 1.29 is 4.92 Å². The van der Waals surface area contributed by atoms with Gasteiger partial charge in [0.1, 0.15) is 0 Å². The standard InChI is InChI=1S/C14H22N2O2/c1-3-4-5-6-7-10-15-13-9-8-12(2)14(11-13)16(17)18/h8-9,11,15H,3-7,10H2,1-2H3. The number of hydrogen-bond donors (Lipinski definition) is 1. The molecular weight excluding hydrogens is 228 g/mol. The lowest BCUT2D eigenvalue weighted by Gasteiger charge is -2.07. The van der Waals surface area contributed by atoms with Crippen LogP contribution < -0.4 is 5.32 Å². The van der Waals surface area contributed by atoms with Crippen LogP contribution in [0.3, 0.4) is 0 Å². The first-order chi connectivity index (χ1) is 8.65. The van der Waals surface area contributed by atoms with Gasteiger partial charge in [-0.1, -0.05) is 38.7 Å². The van der Waals surface area contributed by atoms with E-state index in [1.807, 2.05) is 6.07 Å². The Balaban J connectivity index is 2.38. The van der Waals surface area contributed by atoms with Crippen molar-refractivity contribution >= 4 is 11.4 Å². The normalized spacial score (nSPS) is 10.3. The maximum atomic E-state index is 10.8. The molecule has 18 heavy (non-hydrogen) atoms. The molecule has 1 N–H and O–H groups in total. The third-order valence-electron chi connectivity index (χ3n) is 3.02. The molecule has 0 atom stereocenters. The number of rotatable bonds is 8. The maximum Gasteiger partial charge on any atom is 0.274 e. The number of hydrogen-bond acceptors (Lipinski definition) is 3. The zero-order valence-electron chi connectivity index (χ0n) is 11.2. The second kappa shape index (κ2) is 7.69. The molecule has 0 amide bonds. The van der Waals surface area contributed by atoms with Gasteiger partial charge in [-0.3, -0.25) is 10.1 Å². The molecule has 0 bridgehead atoms. The number of nitrogens with zero attached hydrogens (tertiary/aromatic N) is 1. The van der Waals surface area contributed by atoms with Crippen molar-refractivity contribution in [1.29, 1.82) is 0 Å². The fourth-order valence-corrected chi connectivity index (χ4v) is 1.88. The molecule has 4 heteroatoms.